The zero-order valence-corrected chi connectivity index (χ0v) is 10.8. The maximum atomic E-state index is 11.8. The lowest BCUT2D eigenvalue weighted by molar-refractivity contribution is -0.141. The van der Waals surface area contributed by atoms with E-state index in [0.29, 0.717) is 32.4 Å². The van der Waals surface area contributed by atoms with E-state index in [0.717, 1.165) is 0 Å². The number of methoxy groups -OCH3 is 1. The molecule has 0 aromatic carbocycles. The van der Waals surface area contributed by atoms with Gasteiger partial charge in [-0.25, -0.2) is 4.98 Å². The normalized spacial score (nSPS) is 10.1. The molecule has 0 saturated carbocycles. The van der Waals surface area contributed by atoms with Crippen LogP contribution < -0.4 is 0 Å². The number of amides is 1. The lowest BCUT2D eigenvalue weighted by Gasteiger charge is -2.16. The number of hydrogen-bond donors (Lipinski definition) is 0. The average Bonchev–Trinajstić information content (AvgIpc) is 2.88. The first-order valence-corrected chi connectivity index (χ1v) is 5.90. The fourth-order valence-electron chi connectivity index (χ4n) is 1.52. The van der Waals surface area contributed by atoms with E-state index >= 15 is 0 Å². The van der Waals surface area contributed by atoms with Crippen LogP contribution in [-0.4, -0.2) is 47.0 Å². The number of hydrogen-bond acceptors (Lipinski definition) is 4. The molecule has 0 saturated heterocycles. The molecule has 1 heterocycles. The van der Waals surface area contributed by atoms with Crippen molar-refractivity contribution in [3.05, 3.63) is 18.7 Å². The molecule has 0 unspecified atom stereocenters. The Kier molecular flexibility index (Phi) is 5.90. The van der Waals surface area contributed by atoms with Crippen molar-refractivity contribution in [2.45, 2.75) is 25.8 Å². The standard InChI is InChI=1S/C12H19N3O3/c1-14(7-3-4-12(17)18-2)11(16)5-8-15-9-6-13-10-15/h6,9-10H,3-5,7-8H2,1-2H3. The average molecular weight is 253 g/mol. The van der Waals surface area contributed by atoms with E-state index in [1.165, 1.54) is 7.11 Å². The molecule has 0 fully saturated rings. The number of aromatic nitrogens is 2. The highest BCUT2D eigenvalue weighted by Crippen LogP contribution is 1.99. The van der Waals surface area contributed by atoms with E-state index in [4.69, 9.17) is 0 Å². The summed E-state index contributed by atoms with van der Waals surface area (Å²) < 4.78 is 6.40. The summed E-state index contributed by atoms with van der Waals surface area (Å²) in [5.74, 6) is -0.178. The summed E-state index contributed by atoms with van der Waals surface area (Å²) in [6.45, 7) is 1.19. The minimum absolute atomic E-state index is 0.0635. The molecule has 6 heteroatoms. The van der Waals surface area contributed by atoms with Gasteiger partial charge in [0.2, 0.25) is 5.91 Å². The van der Waals surface area contributed by atoms with Gasteiger partial charge < -0.3 is 14.2 Å². The van der Waals surface area contributed by atoms with Gasteiger partial charge in [0.1, 0.15) is 0 Å². The highest BCUT2D eigenvalue weighted by Gasteiger charge is 2.09. The lowest BCUT2D eigenvalue weighted by Crippen LogP contribution is -2.28. The van der Waals surface area contributed by atoms with Crippen molar-refractivity contribution < 1.29 is 14.3 Å². The second-order valence-corrected chi connectivity index (χ2v) is 4.05. The fourth-order valence-corrected chi connectivity index (χ4v) is 1.52. The Morgan fingerprint density at radius 2 is 2.17 bits per heavy atom. The summed E-state index contributed by atoms with van der Waals surface area (Å²) in [5, 5.41) is 0. The first kappa shape index (κ1) is 14.2. The SMILES string of the molecule is COC(=O)CCCN(C)C(=O)CCn1ccnc1. The Hall–Kier alpha value is -1.85. The van der Waals surface area contributed by atoms with E-state index in [2.05, 4.69) is 9.72 Å². The molecule has 0 aliphatic carbocycles. The molecule has 0 bridgehead atoms. The van der Waals surface area contributed by atoms with Gasteiger partial charge in [0.15, 0.2) is 0 Å². The molecule has 18 heavy (non-hydrogen) atoms. The molecule has 0 N–H and O–H groups in total. The third kappa shape index (κ3) is 4.99. The van der Waals surface area contributed by atoms with Gasteiger partial charge in [0.05, 0.1) is 13.4 Å². The molecule has 1 amide bonds. The highest BCUT2D eigenvalue weighted by molar-refractivity contribution is 5.75. The van der Waals surface area contributed by atoms with Crippen LogP contribution in [0.4, 0.5) is 0 Å². The van der Waals surface area contributed by atoms with E-state index in [1.54, 1.807) is 24.5 Å². The molecule has 6 nitrogen and oxygen atoms in total. The molecule has 0 spiro atoms. The van der Waals surface area contributed by atoms with E-state index in [1.807, 2.05) is 10.8 Å². The lowest BCUT2D eigenvalue weighted by atomic mass is 10.3. The Morgan fingerprint density at radius 3 is 2.78 bits per heavy atom. The van der Waals surface area contributed by atoms with Crippen molar-refractivity contribution in [1.82, 2.24) is 14.5 Å². The van der Waals surface area contributed by atoms with Crippen LogP contribution in [0.5, 0.6) is 0 Å². The minimum atomic E-state index is -0.241. The smallest absolute Gasteiger partial charge is 0.305 e. The molecular weight excluding hydrogens is 234 g/mol. The molecule has 0 aliphatic heterocycles. The highest BCUT2D eigenvalue weighted by atomic mass is 16.5. The summed E-state index contributed by atoms with van der Waals surface area (Å²) in [4.78, 5) is 28.2. The van der Waals surface area contributed by atoms with Crippen LogP contribution in [0.1, 0.15) is 19.3 Å². The summed E-state index contributed by atoms with van der Waals surface area (Å²) in [7, 11) is 3.11. The number of imidazole rings is 1. The summed E-state index contributed by atoms with van der Waals surface area (Å²) in [6.07, 6.45) is 6.60. The first-order chi connectivity index (χ1) is 8.63. The fraction of sp³-hybridized carbons (Fsp3) is 0.583. The third-order valence-electron chi connectivity index (χ3n) is 2.67. The Labute approximate surface area is 107 Å². The molecule has 1 rings (SSSR count). The third-order valence-corrected chi connectivity index (χ3v) is 2.67. The largest absolute Gasteiger partial charge is 0.469 e. The molecule has 1 aromatic heterocycles. The van der Waals surface area contributed by atoms with Gasteiger partial charge in [-0.05, 0) is 6.42 Å². The van der Waals surface area contributed by atoms with Crippen molar-refractivity contribution in [1.29, 1.82) is 0 Å². The molecule has 0 atom stereocenters. The Balaban J connectivity index is 2.18. The maximum absolute atomic E-state index is 11.8. The second kappa shape index (κ2) is 7.47. The van der Waals surface area contributed by atoms with Crippen molar-refractivity contribution in [3.8, 4) is 0 Å². The maximum Gasteiger partial charge on any atom is 0.305 e. The van der Waals surface area contributed by atoms with Crippen molar-refractivity contribution >= 4 is 11.9 Å². The number of ether oxygens (including phenoxy) is 1. The van der Waals surface area contributed by atoms with Crippen LogP contribution >= 0.6 is 0 Å². The van der Waals surface area contributed by atoms with Crippen molar-refractivity contribution in [2.75, 3.05) is 20.7 Å². The molecule has 100 valence electrons. The number of nitrogens with zero attached hydrogens (tertiary/aromatic N) is 3. The van der Waals surface area contributed by atoms with E-state index in [9.17, 15) is 9.59 Å². The van der Waals surface area contributed by atoms with Crippen LogP contribution in [0.2, 0.25) is 0 Å². The van der Waals surface area contributed by atoms with Gasteiger partial charge in [-0.1, -0.05) is 0 Å². The topological polar surface area (TPSA) is 64.4 Å². The van der Waals surface area contributed by atoms with E-state index < -0.39 is 0 Å². The van der Waals surface area contributed by atoms with Crippen LogP contribution in [0.3, 0.4) is 0 Å². The predicted molar refractivity (Wildman–Crippen MR) is 65.7 cm³/mol. The monoisotopic (exact) mass is 253 g/mol. The molecule has 0 radical (unpaired) electrons. The number of rotatable bonds is 7. The minimum Gasteiger partial charge on any atom is -0.469 e. The van der Waals surface area contributed by atoms with Gasteiger partial charge >= 0.3 is 5.97 Å². The number of esters is 1. The summed E-state index contributed by atoms with van der Waals surface area (Å²) in [5.41, 5.74) is 0. The zero-order valence-electron chi connectivity index (χ0n) is 10.8. The van der Waals surface area contributed by atoms with Crippen molar-refractivity contribution in [3.63, 3.8) is 0 Å². The summed E-state index contributed by atoms with van der Waals surface area (Å²) >= 11 is 0. The van der Waals surface area contributed by atoms with Gasteiger partial charge in [-0.2, -0.15) is 0 Å². The Morgan fingerprint density at radius 1 is 1.39 bits per heavy atom. The van der Waals surface area contributed by atoms with Crippen LogP contribution in [0.15, 0.2) is 18.7 Å². The number of carbonyl (C=O) groups excluding carboxylic acids is 2. The quantitative estimate of drug-likeness (QED) is 0.670. The number of aryl methyl sites for hydroxylation is 1. The first-order valence-electron chi connectivity index (χ1n) is 5.90. The van der Waals surface area contributed by atoms with Crippen LogP contribution in [0.25, 0.3) is 0 Å². The van der Waals surface area contributed by atoms with Gasteiger partial charge in [-0.15, -0.1) is 0 Å². The van der Waals surface area contributed by atoms with E-state index in [-0.39, 0.29) is 11.9 Å². The zero-order chi connectivity index (χ0) is 13.4. The van der Waals surface area contributed by atoms with Crippen molar-refractivity contribution in [2.24, 2.45) is 0 Å². The molecule has 1 aromatic rings. The van der Waals surface area contributed by atoms with Crippen LogP contribution in [-0.2, 0) is 20.9 Å². The summed E-state index contributed by atoms with van der Waals surface area (Å²) in [6, 6.07) is 0. The molecule has 0 aliphatic rings. The van der Waals surface area contributed by atoms with Crippen LogP contribution in [0, 0.1) is 0 Å². The van der Waals surface area contributed by atoms with Gasteiger partial charge in [0.25, 0.3) is 0 Å². The van der Waals surface area contributed by atoms with Gasteiger partial charge in [0, 0.05) is 45.4 Å². The second-order valence-electron chi connectivity index (χ2n) is 4.05. The van der Waals surface area contributed by atoms with Gasteiger partial charge in [-0.3, -0.25) is 9.59 Å². The number of carbonyl (C=O) groups is 2. The predicted octanol–water partition coefficient (Wildman–Crippen LogP) is 0.685. The molecular formula is C12H19N3O3. The Bertz CT molecular complexity index is 376.